The SMILES string of the molecule is CCCCCN(CCCN(C)CCc1ccc(OC)c(OC)c1)C(=O)C/C=C/c1ccc2c(c1)OCO2. The molecule has 0 N–H and O–H groups in total. The molecule has 0 bridgehead atoms. The summed E-state index contributed by atoms with van der Waals surface area (Å²) in [6, 6.07) is 11.9. The molecule has 1 aliphatic rings. The Balaban J connectivity index is 1.44. The average Bonchev–Trinajstić information content (AvgIpc) is 3.39. The molecule has 1 aliphatic heterocycles. The lowest BCUT2D eigenvalue weighted by Crippen LogP contribution is -2.34. The van der Waals surface area contributed by atoms with Gasteiger partial charge in [0.15, 0.2) is 23.0 Å². The Kier molecular flexibility index (Phi) is 11.6. The Bertz CT molecular complexity index is 1020. The van der Waals surface area contributed by atoms with E-state index in [0.29, 0.717) is 6.42 Å². The second kappa shape index (κ2) is 15.2. The predicted molar refractivity (Wildman–Crippen MR) is 148 cm³/mol. The van der Waals surface area contributed by atoms with Crippen molar-refractivity contribution in [1.82, 2.24) is 9.80 Å². The molecule has 2 aromatic carbocycles. The van der Waals surface area contributed by atoms with Crippen molar-refractivity contribution < 1.29 is 23.7 Å². The number of nitrogens with zero attached hydrogens (tertiary/aromatic N) is 2. The molecule has 0 atom stereocenters. The van der Waals surface area contributed by atoms with Gasteiger partial charge in [0.05, 0.1) is 14.2 Å². The maximum absolute atomic E-state index is 13.0. The molecule has 202 valence electrons. The van der Waals surface area contributed by atoms with Crippen LogP contribution in [0.3, 0.4) is 0 Å². The molecule has 3 rings (SSSR count). The van der Waals surface area contributed by atoms with Crippen LogP contribution in [0.2, 0.25) is 0 Å². The molecule has 7 nitrogen and oxygen atoms in total. The molecule has 1 amide bonds. The fourth-order valence-electron chi connectivity index (χ4n) is 4.35. The van der Waals surface area contributed by atoms with Crippen LogP contribution in [0.25, 0.3) is 6.08 Å². The number of carbonyl (C=O) groups excluding carboxylic acids is 1. The molecule has 0 unspecified atom stereocenters. The van der Waals surface area contributed by atoms with Crippen molar-refractivity contribution in [2.75, 3.05) is 54.2 Å². The molecule has 7 heteroatoms. The van der Waals surface area contributed by atoms with E-state index in [0.717, 1.165) is 86.8 Å². The van der Waals surface area contributed by atoms with E-state index in [-0.39, 0.29) is 12.7 Å². The van der Waals surface area contributed by atoms with Gasteiger partial charge in [-0.1, -0.05) is 44.1 Å². The van der Waals surface area contributed by atoms with Crippen molar-refractivity contribution in [1.29, 1.82) is 0 Å². The molecule has 0 radical (unpaired) electrons. The van der Waals surface area contributed by atoms with Crippen molar-refractivity contribution in [3.05, 3.63) is 53.6 Å². The second-order valence-corrected chi connectivity index (χ2v) is 9.40. The number of likely N-dealkylation sites (N-methyl/N-ethyl adjacent to an activating group) is 1. The Morgan fingerprint density at radius 2 is 1.70 bits per heavy atom. The molecule has 0 aliphatic carbocycles. The van der Waals surface area contributed by atoms with Gasteiger partial charge in [-0.2, -0.15) is 0 Å². The topological polar surface area (TPSA) is 60.5 Å². The normalized spacial score (nSPS) is 12.4. The Morgan fingerprint density at radius 3 is 2.49 bits per heavy atom. The summed E-state index contributed by atoms with van der Waals surface area (Å²) in [6.45, 7) is 5.93. The third-order valence-corrected chi connectivity index (χ3v) is 6.58. The fourth-order valence-corrected chi connectivity index (χ4v) is 4.35. The zero-order chi connectivity index (χ0) is 26.5. The van der Waals surface area contributed by atoms with Crippen LogP contribution in [0.4, 0.5) is 0 Å². The largest absolute Gasteiger partial charge is 0.493 e. The summed E-state index contributed by atoms with van der Waals surface area (Å²) in [7, 11) is 5.45. The average molecular weight is 511 g/mol. The molecule has 0 fully saturated rings. The van der Waals surface area contributed by atoms with Gasteiger partial charge in [0.1, 0.15) is 0 Å². The first-order valence-corrected chi connectivity index (χ1v) is 13.3. The number of methoxy groups -OCH3 is 2. The summed E-state index contributed by atoms with van der Waals surface area (Å²) in [5.74, 6) is 3.21. The van der Waals surface area contributed by atoms with E-state index in [4.69, 9.17) is 18.9 Å². The van der Waals surface area contributed by atoms with Crippen LogP contribution < -0.4 is 18.9 Å². The number of amides is 1. The lowest BCUT2D eigenvalue weighted by atomic mass is 10.1. The van der Waals surface area contributed by atoms with Crippen LogP contribution >= 0.6 is 0 Å². The smallest absolute Gasteiger partial charge is 0.231 e. The van der Waals surface area contributed by atoms with Crippen molar-refractivity contribution >= 4 is 12.0 Å². The van der Waals surface area contributed by atoms with E-state index in [9.17, 15) is 4.79 Å². The Labute approximate surface area is 221 Å². The van der Waals surface area contributed by atoms with E-state index in [1.165, 1.54) is 5.56 Å². The molecular weight excluding hydrogens is 468 g/mol. The van der Waals surface area contributed by atoms with Gasteiger partial charge in [0, 0.05) is 26.1 Å². The second-order valence-electron chi connectivity index (χ2n) is 9.40. The molecule has 2 aromatic rings. The number of hydrogen-bond acceptors (Lipinski definition) is 6. The number of rotatable bonds is 16. The van der Waals surface area contributed by atoms with Crippen LogP contribution in [0.1, 0.15) is 50.2 Å². The molecule has 37 heavy (non-hydrogen) atoms. The van der Waals surface area contributed by atoms with Crippen molar-refractivity contribution in [3.63, 3.8) is 0 Å². The minimum Gasteiger partial charge on any atom is -0.493 e. The summed E-state index contributed by atoms with van der Waals surface area (Å²) in [6.07, 6.45) is 9.53. The van der Waals surface area contributed by atoms with Crippen molar-refractivity contribution in [2.24, 2.45) is 0 Å². The Hall–Kier alpha value is -3.19. The van der Waals surface area contributed by atoms with Gasteiger partial charge in [-0.25, -0.2) is 0 Å². The van der Waals surface area contributed by atoms with E-state index in [1.54, 1.807) is 14.2 Å². The zero-order valence-electron chi connectivity index (χ0n) is 22.8. The molecule has 0 spiro atoms. The van der Waals surface area contributed by atoms with Crippen LogP contribution in [0, 0.1) is 0 Å². The summed E-state index contributed by atoms with van der Waals surface area (Å²) < 4.78 is 21.5. The van der Waals surface area contributed by atoms with E-state index < -0.39 is 0 Å². The minimum atomic E-state index is 0.182. The standard InChI is InChI=1S/C30H42N2O5/c1-5-6-7-18-32(30(33)11-8-10-24-13-15-27-29(22-24)37-23-36-27)19-9-17-31(2)20-16-25-12-14-26(34-3)28(21-25)35-4/h8,10,12-15,21-22H,5-7,9,11,16-20,23H2,1-4H3/b10-8+. The number of hydrogen-bond donors (Lipinski definition) is 0. The van der Waals surface area contributed by atoms with E-state index in [2.05, 4.69) is 24.9 Å². The number of benzene rings is 2. The van der Waals surface area contributed by atoms with Gasteiger partial charge in [0.25, 0.3) is 0 Å². The fraction of sp³-hybridized carbons (Fsp3) is 0.500. The quantitative estimate of drug-likeness (QED) is 0.281. The van der Waals surface area contributed by atoms with Gasteiger partial charge >= 0.3 is 0 Å². The highest BCUT2D eigenvalue weighted by Crippen LogP contribution is 2.33. The third-order valence-electron chi connectivity index (χ3n) is 6.58. The van der Waals surface area contributed by atoms with Crippen LogP contribution in [0.5, 0.6) is 23.0 Å². The van der Waals surface area contributed by atoms with Crippen molar-refractivity contribution in [2.45, 2.75) is 45.4 Å². The van der Waals surface area contributed by atoms with Crippen LogP contribution in [-0.4, -0.2) is 69.9 Å². The van der Waals surface area contributed by atoms with E-state index >= 15 is 0 Å². The zero-order valence-corrected chi connectivity index (χ0v) is 22.8. The molecule has 0 saturated heterocycles. The van der Waals surface area contributed by atoms with Gasteiger partial charge in [-0.05, 0) is 68.2 Å². The first kappa shape index (κ1) is 28.4. The maximum Gasteiger partial charge on any atom is 0.231 e. The number of unbranched alkanes of at least 4 members (excludes halogenated alkanes) is 2. The van der Waals surface area contributed by atoms with Crippen molar-refractivity contribution in [3.8, 4) is 23.0 Å². The minimum absolute atomic E-state index is 0.182. The summed E-state index contributed by atoms with van der Waals surface area (Å²) in [4.78, 5) is 17.4. The highest BCUT2D eigenvalue weighted by molar-refractivity contribution is 5.78. The van der Waals surface area contributed by atoms with Gasteiger partial charge < -0.3 is 28.7 Å². The molecule has 0 aromatic heterocycles. The lowest BCUT2D eigenvalue weighted by Gasteiger charge is -2.24. The van der Waals surface area contributed by atoms with E-state index in [1.807, 2.05) is 47.4 Å². The third kappa shape index (κ3) is 9.01. The highest BCUT2D eigenvalue weighted by atomic mass is 16.7. The first-order valence-electron chi connectivity index (χ1n) is 13.3. The summed E-state index contributed by atoms with van der Waals surface area (Å²) >= 11 is 0. The van der Waals surface area contributed by atoms with Gasteiger partial charge in [-0.3, -0.25) is 4.79 Å². The molecule has 0 saturated carbocycles. The monoisotopic (exact) mass is 510 g/mol. The number of fused-ring (bicyclic) bond motifs is 1. The van der Waals surface area contributed by atoms with Gasteiger partial charge in [-0.15, -0.1) is 0 Å². The number of ether oxygens (including phenoxy) is 4. The summed E-state index contributed by atoms with van der Waals surface area (Å²) in [5.41, 5.74) is 2.22. The molecule has 1 heterocycles. The number of carbonyl (C=O) groups is 1. The van der Waals surface area contributed by atoms with Gasteiger partial charge in [0.2, 0.25) is 12.7 Å². The van der Waals surface area contributed by atoms with Crippen LogP contribution in [-0.2, 0) is 11.2 Å². The Morgan fingerprint density at radius 1 is 0.919 bits per heavy atom. The summed E-state index contributed by atoms with van der Waals surface area (Å²) in [5, 5.41) is 0. The highest BCUT2D eigenvalue weighted by Gasteiger charge is 2.14. The van der Waals surface area contributed by atoms with Crippen LogP contribution in [0.15, 0.2) is 42.5 Å². The molecular formula is C30H42N2O5. The lowest BCUT2D eigenvalue weighted by molar-refractivity contribution is -0.130. The maximum atomic E-state index is 13.0. The first-order chi connectivity index (χ1) is 18.0. The predicted octanol–water partition coefficient (Wildman–Crippen LogP) is 5.42.